The predicted molar refractivity (Wildman–Crippen MR) is 85.8 cm³/mol. The Morgan fingerprint density at radius 1 is 1.05 bits per heavy atom. The zero-order chi connectivity index (χ0) is 14.5. The molecule has 0 unspecified atom stereocenters. The van der Waals surface area contributed by atoms with Crippen molar-refractivity contribution in [3.8, 4) is 16.9 Å². The standard InChI is InChI=1S/C15H15N3O2.ClH/c1-20-13-7-3-5-11(9-13)10-4-2-6-12(8-10)14(19)18-15(16)17;/h2-9H,1H3,(H4,16,17,18,19);1H. The lowest BCUT2D eigenvalue weighted by atomic mass is 10.0. The first-order valence-electron chi connectivity index (χ1n) is 5.98. The van der Waals surface area contributed by atoms with Gasteiger partial charge in [-0.3, -0.25) is 4.79 Å². The second kappa shape index (κ2) is 7.31. The third-order valence-corrected chi connectivity index (χ3v) is 2.74. The van der Waals surface area contributed by atoms with E-state index < -0.39 is 5.91 Å². The van der Waals surface area contributed by atoms with Crippen LogP contribution >= 0.6 is 12.4 Å². The second-order valence-electron chi connectivity index (χ2n) is 4.15. The van der Waals surface area contributed by atoms with Crippen LogP contribution in [0.25, 0.3) is 11.1 Å². The number of amides is 1. The molecule has 0 radical (unpaired) electrons. The zero-order valence-electron chi connectivity index (χ0n) is 11.4. The molecule has 0 heterocycles. The molecule has 5 nitrogen and oxygen atoms in total. The molecule has 0 fully saturated rings. The Bertz CT molecular complexity index is 667. The van der Waals surface area contributed by atoms with E-state index in [2.05, 4.69) is 4.99 Å². The number of halogens is 1. The number of methoxy groups -OCH3 is 1. The minimum Gasteiger partial charge on any atom is -0.497 e. The van der Waals surface area contributed by atoms with Crippen LogP contribution < -0.4 is 16.2 Å². The van der Waals surface area contributed by atoms with Crippen LogP contribution in [0.5, 0.6) is 5.75 Å². The fourth-order valence-electron chi connectivity index (χ4n) is 1.82. The van der Waals surface area contributed by atoms with Crippen LogP contribution in [-0.2, 0) is 0 Å². The number of guanidine groups is 1. The van der Waals surface area contributed by atoms with E-state index in [9.17, 15) is 4.79 Å². The number of carbonyl (C=O) groups excluding carboxylic acids is 1. The van der Waals surface area contributed by atoms with Crippen molar-refractivity contribution in [1.82, 2.24) is 0 Å². The Morgan fingerprint density at radius 2 is 1.67 bits per heavy atom. The van der Waals surface area contributed by atoms with Crippen LogP contribution in [-0.4, -0.2) is 19.0 Å². The monoisotopic (exact) mass is 305 g/mol. The Labute approximate surface area is 129 Å². The summed E-state index contributed by atoms with van der Waals surface area (Å²) in [5, 5.41) is 0. The maximum Gasteiger partial charge on any atom is 0.280 e. The van der Waals surface area contributed by atoms with Gasteiger partial charge < -0.3 is 16.2 Å². The Kier molecular flexibility index (Phi) is 5.75. The number of aliphatic imine (C=N–C) groups is 1. The normalized spacial score (nSPS) is 9.38. The van der Waals surface area contributed by atoms with Crippen LogP contribution in [0.3, 0.4) is 0 Å². The fourth-order valence-corrected chi connectivity index (χ4v) is 1.82. The quantitative estimate of drug-likeness (QED) is 0.672. The highest BCUT2D eigenvalue weighted by Gasteiger charge is 2.07. The van der Waals surface area contributed by atoms with Gasteiger partial charge in [-0.1, -0.05) is 24.3 Å². The molecule has 0 aliphatic rings. The highest BCUT2D eigenvalue weighted by Crippen LogP contribution is 2.24. The molecule has 0 atom stereocenters. The van der Waals surface area contributed by atoms with Gasteiger partial charge in [-0.25, -0.2) is 0 Å². The van der Waals surface area contributed by atoms with Crippen molar-refractivity contribution in [3.05, 3.63) is 54.1 Å². The van der Waals surface area contributed by atoms with Gasteiger partial charge in [-0.2, -0.15) is 4.99 Å². The molecular formula is C15H16ClN3O2. The van der Waals surface area contributed by atoms with Crippen molar-refractivity contribution in [2.75, 3.05) is 7.11 Å². The number of rotatable bonds is 3. The Balaban J connectivity index is 0.00000220. The summed E-state index contributed by atoms with van der Waals surface area (Å²) in [5.41, 5.74) is 12.7. The molecule has 2 aromatic rings. The molecule has 0 saturated heterocycles. The van der Waals surface area contributed by atoms with Gasteiger partial charge in [0.2, 0.25) is 0 Å². The lowest BCUT2D eigenvalue weighted by Gasteiger charge is -2.06. The third kappa shape index (κ3) is 4.22. The van der Waals surface area contributed by atoms with Crippen LogP contribution in [0.4, 0.5) is 0 Å². The third-order valence-electron chi connectivity index (χ3n) is 2.74. The van der Waals surface area contributed by atoms with Gasteiger partial charge in [-0.05, 0) is 35.4 Å². The average Bonchev–Trinajstić information content (AvgIpc) is 2.47. The minimum absolute atomic E-state index is 0. The highest BCUT2D eigenvalue weighted by atomic mass is 35.5. The van der Waals surface area contributed by atoms with Crippen LogP contribution in [0.2, 0.25) is 0 Å². The summed E-state index contributed by atoms with van der Waals surface area (Å²) >= 11 is 0. The molecule has 0 aliphatic carbocycles. The molecule has 2 aromatic carbocycles. The first-order chi connectivity index (χ1) is 9.60. The van der Waals surface area contributed by atoms with Gasteiger partial charge >= 0.3 is 0 Å². The summed E-state index contributed by atoms with van der Waals surface area (Å²) < 4.78 is 5.18. The SMILES string of the molecule is COc1cccc(-c2cccc(C(=O)N=C(N)N)c2)c1.Cl. The molecule has 110 valence electrons. The van der Waals surface area contributed by atoms with Gasteiger partial charge in [0.15, 0.2) is 5.96 Å². The smallest absolute Gasteiger partial charge is 0.280 e. The first kappa shape index (κ1) is 16.5. The van der Waals surface area contributed by atoms with Crippen LogP contribution in [0, 0.1) is 0 Å². The molecule has 0 spiro atoms. The van der Waals surface area contributed by atoms with Crippen molar-refractivity contribution in [2.45, 2.75) is 0 Å². The molecule has 0 aliphatic heterocycles. The number of hydrogen-bond acceptors (Lipinski definition) is 2. The summed E-state index contributed by atoms with van der Waals surface area (Å²) in [5.74, 6) is 0.0417. The average molecular weight is 306 g/mol. The summed E-state index contributed by atoms with van der Waals surface area (Å²) in [6.07, 6.45) is 0. The molecule has 0 saturated carbocycles. The van der Waals surface area contributed by atoms with Crippen molar-refractivity contribution >= 4 is 24.3 Å². The first-order valence-corrected chi connectivity index (χ1v) is 5.98. The van der Waals surface area contributed by atoms with Crippen LogP contribution in [0.15, 0.2) is 53.5 Å². The molecule has 0 bridgehead atoms. The number of nitrogens with two attached hydrogens (primary N) is 2. The van der Waals surface area contributed by atoms with E-state index in [0.29, 0.717) is 5.56 Å². The molecule has 1 amide bonds. The molecule has 0 aromatic heterocycles. The van der Waals surface area contributed by atoms with E-state index in [-0.39, 0.29) is 18.4 Å². The Hall–Kier alpha value is -2.53. The largest absolute Gasteiger partial charge is 0.497 e. The number of benzene rings is 2. The van der Waals surface area contributed by atoms with Crippen molar-refractivity contribution in [3.63, 3.8) is 0 Å². The van der Waals surface area contributed by atoms with E-state index in [1.54, 1.807) is 25.3 Å². The number of hydrogen-bond donors (Lipinski definition) is 2. The molecule has 6 heteroatoms. The van der Waals surface area contributed by atoms with Gasteiger partial charge in [0.25, 0.3) is 5.91 Å². The second-order valence-corrected chi connectivity index (χ2v) is 4.15. The van der Waals surface area contributed by atoms with Gasteiger partial charge in [0.1, 0.15) is 5.75 Å². The topological polar surface area (TPSA) is 90.7 Å². The van der Waals surface area contributed by atoms with E-state index in [0.717, 1.165) is 16.9 Å². The summed E-state index contributed by atoms with van der Waals surface area (Å²) in [6.45, 7) is 0. The van der Waals surface area contributed by atoms with Crippen molar-refractivity contribution in [2.24, 2.45) is 16.5 Å². The summed E-state index contributed by atoms with van der Waals surface area (Å²) in [6, 6.07) is 14.7. The predicted octanol–water partition coefficient (Wildman–Crippen LogP) is 2.20. The lowest BCUT2D eigenvalue weighted by molar-refractivity contribution is 0.100. The van der Waals surface area contributed by atoms with Crippen molar-refractivity contribution in [1.29, 1.82) is 0 Å². The lowest BCUT2D eigenvalue weighted by Crippen LogP contribution is -2.24. The van der Waals surface area contributed by atoms with Crippen LogP contribution in [0.1, 0.15) is 10.4 Å². The maximum absolute atomic E-state index is 11.8. The molecule has 21 heavy (non-hydrogen) atoms. The number of nitrogens with zero attached hydrogens (tertiary/aromatic N) is 1. The van der Waals surface area contributed by atoms with E-state index >= 15 is 0 Å². The summed E-state index contributed by atoms with van der Waals surface area (Å²) in [4.78, 5) is 15.3. The van der Waals surface area contributed by atoms with Gasteiger partial charge in [-0.15, -0.1) is 12.4 Å². The molecule has 4 N–H and O–H groups in total. The maximum atomic E-state index is 11.8. The van der Waals surface area contributed by atoms with E-state index in [1.165, 1.54) is 0 Å². The molecule has 2 rings (SSSR count). The number of carbonyl (C=O) groups is 1. The van der Waals surface area contributed by atoms with E-state index in [1.807, 2.05) is 30.3 Å². The zero-order valence-corrected chi connectivity index (χ0v) is 12.3. The highest BCUT2D eigenvalue weighted by molar-refractivity contribution is 6.02. The molecular weight excluding hydrogens is 290 g/mol. The fraction of sp³-hybridized carbons (Fsp3) is 0.0667. The number of ether oxygens (including phenoxy) is 1. The van der Waals surface area contributed by atoms with Crippen molar-refractivity contribution < 1.29 is 9.53 Å². The summed E-state index contributed by atoms with van der Waals surface area (Å²) in [7, 11) is 1.61. The minimum atomic E-state index is -0.463. The van der Waals surface area contributed by atoms with E-state index in [4.69, 9.17) is 16.2 Å². The Morgan fingerprint density at radius 3 is 2.29 bits per heavy atom. The van der Waals surface area contributed by atoms with Gasteiger partial charge in [0, 0.05) is 5.56 Å². The van der Waals surface area contributed by atoms with Gasteiger partial charge in [0.05, 0.1) is 7.11 Å².